The lowest BCUT2D eigenvalue weighted by Crippen LogP contribution is -2.41. The van der Waals surface area contributed by atoms with Gasteiger partial charge in [0, 0.05) is 12.1 Å². The molecule has 23 heavy (non-hydrogen) atoms. The number of carbonyl (C=O) groups is 2. The molecular weight excluding hydrogens is 303 g/mol. The van der Waals surface area contributed by atoms with E-state index in [0.717, 1.165) is 0 Å². The molecule has 0 bridgehead atoms. The summed E-state index contributed by atoms with van der Waals surface area (Å²) in [5, 5.41) is 9.12. The number of benzene rings is 1. The second kappa shape index (κ2) is 6.20. The van der Waals surface area contributed by atoms with Crippen molar-refractivity contribution >= 4 is 11.9 Å². The van der Waals surface area contributed by atoms with Crippen LogP contribution in [0.3, 0.4) is 0 Å². The topological polar surface area (TPSA) is 83.6 Å². The highest BCUT2D eigenvalue weighted by Crippen LogP contribution is 2.21. The zero-order valence-electron chi connectivity index (χ0n) is 12.2. The molecule has 1 fully saturated rings. The van der Waals surface area contributed by atoms with Crippen molar-refractivity contribution in [2.45, 2.75) is 25.3 Å². The normalized spacial score (nSPS) is 17.4. The van der Waals surface area contributed by atoms with Crippen molar-refractivity contribution in [3.8, 4) is 11.5 Å². The number of nitrogens with zero attached hydrogens (tertiary/aromatic N) is 2. The molecule has 2 aromatic rings. The summed E-state index contributed by atoms with van der Waals surface area (Å²) in [5.41, 5.74) is 1.03. The van der Waals surface area contributed by atoms with E-state index >= 15 is 0 Å². The highest BCUT2D eigenvalue weighted by molar-refractivity contribution is 5.85. The smallest absolute Gasteiger partial charge is 0.326 e. The van der Waals surface area contributed by atoms with Crippen LogP contribution in [0, 0.1) is 5.82 Å². The molecule has 0 spiro atoms. The number of likely N-dealkylation sites (tertiary alicyclic amines) is 1. The fourth-order valence-corrected chi connectivity index (χ4v) is 2.69. The van der Waals surface area contributed by atoms with Gasteiger partial charge in [0.15, 0.2) is 0 Å². The van der Waals surface area contributed by atoms with Crippen LogP contribution in [0.15, 0.2) is 34.9 Å². The number of halogens is 1. The number of aliphatic carboxylic acids is 1. The van der Waals surface area contributed by atoms with Crippen LogP contribution in [-0.4, -0.2) is 39.5 Å². The molecule has 1 aromatic carbocycles. The second-order valence-electron chi connectivity index (χ2n) is 5.41. The van der Waals surface area contributed by atoms with E-state index in [0.29, 0.717) is 36.5 Å². The molecular formula is C16H15FN2O4. The van der Waals surface area contributed by atoms with Crippen LogP contribution >= 0.6 is 0 Å². The molecule has 6 nitrogen and oxygen atoms in total. The van der Waals surface area contributed by atoms with Gasteiger partial charge in [-0.3, -0.25) is 4.79 Å². The van der Waals surface area contributed by atoms with Crippen molar-refractivity contribution < 1.29 is 23.5 Å². The average Bonchev–Trinajstić information content (AvgIpc) is 3.16. The van der Waals surface area contributed by atoms with Crippen molar-refractivity contribution in [3.05, 3.63) is 42.0 Å². The van der Waals surface area contributed by atoms with Gasteiger partial charge in [0.25, 0.3) is 0 Å². The number of carboxylic acid groups (broad SMARTS) is 1. The predicted molar refractivity (Wildman–Crippen MR) is 78.0 cm³/mol. The van der Waals surface area contributed by atoms with Crippen molar-refractivity contribution in [2.24, 2.45) is 0 Å². The number of hydrogen-bond acceptors (Lipinski definition) is 4. The van der Waals surface area contributed by atoms with Gasteiger partial charge in [0.05, 0.1) is 12.1 Å². The van der Waals surface area contributed by atoms with E-state index in [9.17, 15) is 14.0 Å². The molecule has 1 saturated heterocycles. The standard InChI is InChI=1S/C16H15FN2O4/c17-11-5-3-10(4-6-11)15-18-12(9-23-15)8-14(20)19-7-1-2-13(19)16(21)22/h3-6,9,13H,1-2,7-8H2,(H,21,22)/t13-/m0/s1. The quantitative estimate of drug-likeness (QED) is 0.933. The molecule has 1 aromatic heterocycles. The number of oxazole rings is 1. The lowest BCUT2D eigenvalue weighted by atomic mass is 10.2. The number of carbonyl (C=O) groups excluding carboxylic acids is 1. The lowest BCUT2D eigenvalue weighted by molar-refractivity contribution is -0.148. The van der Waals surface area contributed by atoms with Crippen LogP contribution in [0.4, 0.5) is 4.39 Å². The Labute approximate surface area is 131 Å². The van der Waals surface area contributed by atoms with Crippen LogP contribution in [0.25, 0.3) is 11.5 Å². The van der Waals surface area contributed by atoms with Gasteiger partial charge in [-0.1, -0.05) is 0 Å². The van der Waals surface area contributed by atoms with E-state index in [2.05, 4.69) is 4.98 Å². The summed E-state index contributed by atoms with van der Waals surface area (Å²) >= 11 is 0. The Bertz CT molecular complexity index is 726. The van der Waals surface area contributed by atoms with E-state index in [4.69, 9.17) is 9.52 Å². The second-order valence-corrected chi connectivity index (χ2v) is 5.41. The molecule has 2 heterocycles. The molecule has 0 radical (unpaired) electrons. The minimum absolute atomic E-state index is 0.0194. The third-order valence-corrected chi connectivity index (χ3v) is 3.83. The van der Waals surface area contributed by atoms with Gasteiger partial charge in [-0.15, -0.1) is 0 Å². The molecule has 7 heteroatoms. The summed E-state index contributed by atoms with van der Waals surface area (Å²) in [6.45, 7) is 0.443. The van der Waals surface area contributed by atoms with Crippen molar-refractivity contribution in [1.29, 1.82) is 0 Å². The molecule has 0 aliphatic carbocycles. The Morgan fingerprint density at radius 2 is 2.09 bits per heavy atom. The lowest BCUT2D eigenvalue weighted by Gasteiger charge is -2.20. The maximum atomic E-state index is 12.9. The molecule has 120 valence electrons. The largest absolute Gasteiger partial charge is 0.480 e. The van der Waals surface area contributed by atoms with Gasteiger partial charge in [0.2, 0.25) is 11.8 Å². The fraction of sp³-hybridized carbons (Fsp3) is 0.312. The number of amides is 1. The zero-order valence-corrected chi connectivity index (χ0v) is 12.2. The number of aromatic nitrogens is 1. The van der Waals surface area contributed by atoms with Crippen LogP contribution in [0.2, 0.25) is 0 Å². The monoisotopic (exact) mass is 318 g/mol. The third-order valence-electron chi connectivity index (χ3n) is 3.83. The molecule has 1 atom stereocenters. The Morgan fingerprint density at radius 3 is 2.78 bits per heavy atom. The van der Waals surface area contributed by atoms with Crippen LogP contribution in [0.5, 0.6) is 0 Å². The van der Waals surface area contributed by atoms with Crippen molar-refractivity contribution in [3.63, 3.8) is 0 Å². The first kappa shape index (κ1) is 15.2. The van der Waals surface area contributed by atoms with Crippen LogP contribution in [-0.2, 0) is 16.0 Å². The number of carboxylic acids is 1. The summed E-state index contributed by atoms with van der Waals surface area (Å²) in [6, 6.07) is 4.91. The van der Waals surface area contributed by atoms with Gasteiger partial charge in [-0.05, 0) is 37.1 Å². The van der Waals surface area contributed by atoms with E-state index < -0.39 is 12.0 Å². The van der Waals surface area contributed by atoms with Crippen molar-refractivity contribution in [2.75, 3.05) is 6.54 Å². The SMILES string of the molecule is O=C(O)[C@@H]1CCCN1C(=O)Cc1coc(-c2ccc(F)cc2)n1. The van der Waals surface area contributed by atoms with E-state index in [1.165, 1.54) is 35.4 Å². The van der Waals surface area contributed by atoms with E-state index in [1.807, 2.05) is 0 Å². The number of hydrogen-bond donors (Lipinski definition) is 1. The summed E-state index contributed by atoms with van der Waals surface area (Å²) in [4.78, 5) is 29.0. The number of rotatable bonds is 4. The third kappa shape index (κ3) is 3.23. The highest BCUT2D eigenvalue weighted by atomic mass is 19.1. The first-order valence-corrected chi connectivity index (χ1v) is 7.27. The van der Waals surface area contributed by atoms with Gasteiger partial charge in [-0.2, -0.15) is 0 Å². The van der Waals surface area contributed by atoms with Gasteiger partial charge < -0.3 is 14.4 Å². The molecule has 1 N–H and O–H groups in total. The molecule has 0 unspecified atom stereocenters. The average molecular weight is 318 g/mol. The minimum atomic E-state index is -0.983. The Morgan fingerprint density at radius 1 is 1.35 bits per heavy atom. The first-order chi connectivity index (χ1) is 11.0. The fourth-order valence-electron chi connectivity index (χ4n) is 2.69. The Hall–Kier alpha value is -2.70. The highest BCUT2D eigenvalue weighted by Gasteiger charge is 2.34. The zero-order chi connectivity index (χ0) is 16.4. The van der Waals surface area contributed by atoms with Crippen LogP contribution in [0.1, 0.15) is 18.5 Å². The summed E-state index contributed by atoms with van der Waals surface area (Å²) in [7, 11) is 0. The molecule has 1 aliphatic heterocycles. The van der Waals surface area contributed by atoms with E-state index in [-0.39, 0.29) is 18.1 Å². The minimum Gasteiger partial charge on any atom is -0.480 e. The summed E-state index contributed by atoms with van der Waals surface area (Å²) in [6.07, 6.45) is 2.50. The van der Waals surface area contributed by atoms with Gasteiger partial charge in [-0.25, -0.2) is 14.2 Å². The molecule has 3 rings (SSSR count). The predicted octanol–water partition coefficient (Wildman–Crippen LogP) is 2.10. The summed E-state index contributed by atoms with van der Waals surface area (Å²) in [5.74, 6) is -1.33. The Kier molecular flexibility index (Phi) is 4.10. The Balaban J connectivity index is 1.70. The van der Waals surface area contributed by atoms with Crippen molar-refractivity contribution in [1.82, 2.24) is 9.88 Å². The van der Waals surface area contributed by atoms with Gasteiger partial charge in [0.1, 0.15) is 18.1 Å². The molecule has 0 saturated carbocycles. The molecule has 1 amide bonds. The maximum absolute atomic E-state index is 12.9. The maximum Gasteiger partial charge on any atom is 0.326 e. The van der Waals surface area contributed by atoms with Gasteiger partial charge >= 0.3 is 5.97 Å². The van der Waals surface area contributed by atoms with Crippen LogP contribution < -0.4 is 0 Å². The molecule has 1 aliphatic rings. The summed E-state index contributed by atoms with van der Waals surface area (Å²) < 4.78 is 18.2. The van der Waals surface area contributed by atoms with E-state index in [1.54, 1.807) is 0 Å². The first-order valence-electron chi connectivity index (χ1n) is 7.27.